The molecule has 0 saturated carbocycles. The SMILES string of the molecule is O=c1c2ccccc2nc(NCCO)n1C[C@H]1CCCO1. The summed E-state index contributed by atoms with van der Waals surface area (Å²) in [5.74, 6) is 0.489. The molecule has 0 bridgehead atoms. The summed E-state index contributed by atoms with van der Waals surface area (Å²) in [6.45, 7) is 1.59. The zero-order valence-corrected chi connectivity index (χ0v) is 11.8. The summed E-state index contributed by atoms with van der Waals surface area (Å²) in [5.41, 5.74) is 0.586. The molecule has 1 atom stereocenters. The highest BCUT2D eigenvalue weighted by atomic mass is 16.5. The van der Waals surface area contributed by atoms with E-state index in [1.54, 1.807) is 10.6 Å². The minimum Gasteiger partial charge on any atom is -0.395 e. The molecule has 0 aliphatic carbocycles. The third-order valence-corrected chi connectivity index (χ3v) is 3.67. The molecular weight excluding hydrogens is 270 g/mol. The first kappa shape index (κ1) is 14.0. The summed E-state index contributed by atoms with van der Waals surface area (Å²) < 4.78 is 7.24. The molecule has 21 heavy (non-hydrogen) atoms. The molecule has 0 unspecified atom stereocenters. The van der Waals surface area contributed by atoms with Gasteiger partial charge in [-0.1, -0.05) is 12.1 Å². The van der Waals surface area contributed by atoms with E-state index in [0.717, 1.165) is 19.4 Å². The average molecular weight is 289 g/mol. The lowest BCUT2D eigenvalue weighted by Gasteiger charge is -2.17. The second kappa shape index (κ2) is 6.24. The Kier molecular flexibility index (Phi) is 4.17. The van der Waals surface area contributed by atoms with E-state index in [-0.39, 0.29) is 18.3 Å². The first-order valence-corrected chi connectivity index (χ1v) is 7.25. The van der Waals surface area contributed by atoms with Gasteiger partial charge in [-0.15, -0.1) is 0 Å². The number of fused-ring (bicyclic) bond motifs is 1. The second-order valence-electron chi connectivity index (χ2n) is 5.15. The molecule has 1 fully saturated rings. The van der Waals surface area contributed by atoms with Crippen LogP contribution in [0.1, 0.15) is 12.8 Å². The van der Waals surface area contributed by atoms with E-state index >= 15 is 0 Å². The lowest BCUT2D eigenvalue weighted by molar-refractivity contribution is 0.0965. The smallest absolute Gasteiger partial charge is 0.262 e. The molecule has 2 N–H and O–H groups in total. The molecule has 6 nitrogen and oxygen atoms in total. The van der Waals surface area contributed by atoms with Crippen molar-refractivity contribution in [3.63, 3.8) is 0 Å². The van der Waals surface area contributed by atoms with Crippen molar-refractivity contribution < 1.29 is 9.84 Å². The van der Waals surface area contributed by atoms with Gasteiger partial charge in [-0.2, -0.15) is 0 Å². The Balaban J connectivity index is 2.04. The Hall–Kier alpha value is -1.92. The van der Waals surface area contributed by atoms with Gasteiger partial charge in [-0.3, -0.25) is 9.36 Å². The molecular formula is C15H19N3O3. The standard InChI is InChI=1S/C15H19N3O3/c19-8-7-16-15-17-13-6-2-1-5-12(13)14(20)18(15)10-11-4-3-9-21-11/h1-2,5-6,11,19H,3-4,7-10H2,(H,16,17)/t11-/m1/s1. The van der Waals surface area contributed by atoms with Gasteiger partial charge in [0, 0.05) is 13.2 Å². The molecule has 1 saturated heterocycles. The monoisotopic (exact) mass is 289 g/mol. The fourth-order valence-corrected chi connectivity index (χ4v) is 2.63. The third kappa shape index (κ3) is 2.91. The second-order valence-corrected chi connectivity index (χ2v) is 5.15. The number of ether oxygens (including phenoxy) is 1. The van der Waals surface area contributed by atoms with Crippen LogP contribution in [-0.4, -0.2) is 40.5 Å². The molecule has 2 aromatic rings. The number of aromatic nitrogens is 2. The number of aliphatic hydroxyl groups excluding tert-OH is 1. The van der Waals surface area contributed by atoms with Gasteiger partial charge >= 0.3 is 0 Å². The van der Waals surface area contributed by atoms with Crippen molar-refractivity contribution in [2.24, 2.45) is 0 Å². The number of anilines is 1. The minimum atomic E-state index is -0.0726. The van der Waals surface area contributed by atoms with E-state index in [0.29, 0.717) is 29.9 Å². The van der Waals surface area contributed by atoms with Crippen LogP contribution in [0.25, 0.3) is 10.9 Å². The normalized spacial score (nSPS) is 18.2. The largest absolute Gasteiger partial charge is 0.395 e. The predicted molar refractivity (Wildman–Crippen MR) is 80.6 cm³/mol. The molecule has 1 aliphatic heterocycles. The number of aliphatic hydroxyl groups is 1. The molecule has 3 rings (SSSR count). The minimum absolute atomic E-state index is 0.0113. The van der Waals surface area contributed by atoms with E-state index in [9.17, 15) is 4.79 Å². The van der Waals surface area contributed by atoms with Gasteiger partial charge in [0.2, 0.25) is 5.95 Å². The van der Waals surface area contributed by atoms with Gasteiger partial charge in [0.25, 0.3) is 5.56 Å². The van der Waals surface area contributed by atoms with Gasteiger partial charge in [0.05, 0.1) is 30.2 Å². The fourth-order valence-electron chi connectivity index (χ4n) is 2.63. The van der Waals surface area contributed by atoms with Crippen molar-refractivity contribution in [2.75, 3.05) is 25.1 Å². The number of rotatable bonds is 5. The van der Waals surface area contributed by atoms with Crippen molar-refractivity contribution in [3.05, 3.63) is 34.6 Å². The van der Waals surface area contributed by atoms with E-state index < -0.39 is 0 Å². The Morgan fingerprint density at radius 1 is 1.43 bits per heavy atom. The molecule has 2 heterocycles. The Morgan fingerprint density at radius 2 is 2.29 bits per heavy atom. The lowest BCUT2D eigenvalue weighted by atomic mass is 10.2. The lowest BCUT2D eigenvalue weighted by Crippen LogP contribution is -2.30. The highest BCUT2D eigenvalue weighted by molar-refractivity contribution is 5.78. The molecule has 0 amide bonds. The van der Waals surface area contributed by atoms with Gasteiger partial charge in [0.15, 0.2) is 0 Å². The Morgan fingerprint density at radius 3 is 3.05 bits per heavy atom. The summed E-state index contributed by atoms with van der Waals surface area (Å²) in [5, 5.41) is 12.6. The summed E-state index contributed by atoms with van der Waals surface area (Å²) in [4.78, 5) is 17.2. The Labute approximate surface area is 122 Å². The Bertz CT molecular complexity index is 677. The van der Waals surface area contributed by atoms with Gasteiger partial charge in [0.1, 0.15) is 0 Å². The van der Waals surface area contributed by atoms with Gasteiger partial charge in [-0.25, -0.2) is 4.98 Å². The van der Waals surface area contributed by atoms with Crippen LogP contribution in [0.2, 0.25) is 0 Å². The topological polar surface area (TPSA) is 76.4 Å². The predicted octanol–water partition coefficient (Wildman–Crippen LogP) is 0.980. The molecule has 0 radical (unpaired) electrons. The third-order valence-electron chi connectivity index (χ3n) is 3.67. The average Bonchev–Trinajstić information content (AvgIpc) is 3.01. The van der Waals surface area contributed by atoms with Crippen molar-refractivity contribution in [3.8, 4) is 0 Å². The summed E-state index contributed by atoms with van der Waals surface area (Å²) >= 11 is 0. The first-order chi connectivity index (χ1) is 10.3. The molecule has 112 valence electrons. The van der Waals surface area contributed by atoms with Crippen LogP contribution in [0.5, 0.6) is 0 Å². The van der Waals surface area contributed by atoms with E-state index in [1.807, 2.05) is 18.2 Å². The van der Waals surface area contributed by atoms with Crippen LogP contribution in [0.4, 0.5) is 5.95 Å². The maximum Gasteiger partial charge on any atom is 0.262 e. The number of nitrogens with zero attached hydrogens (tertiary/aromatic N) is 2. The van der Waals surface area contributed by atoms with Crippen LogP contribution < -0.4 is 10.9 Å². The van der Waals surface area contributed by atoms with Crippen molar-refractivity contribution in [1.29, 1.82) is 0 Å². The van der Waals surface area contributed by atoms with E-state index in [1.165, 1.54) is 0 Å². The highest BCUT2D eigenvalue weighted by Crippen LogP contribution is 2.17. The number of hydrogen-bond donors (Lipinski definition) is 2. The van der Waals surface area contributed by atoms with Gasteiger partial charge in [-0.05, 0) is 25.0 Å². The summed E-state index contributed by atoms with van der Waals surface area (Å²) in [6.07, 6.45) is 2.04. The van der Waals surface area contributed by atoms with Crippen LogP contribution in [0.15, 0.2) is 29.1 Å². The van der Waals surface area contributed by atoms with Crippen LogP contribution in [0, 0.1) is 0 Å². The van der Waals surface area contributed by atoms with Gasteiger partial charge < -0.3 is 15.2 Å². The molecule has 1 aromatic heterocycles. The first-order valence-electron chi connectivity index (χ1n) is 7.25. The number of benzene rings is 1. The quantitative estimate of drug-likeness (QED) is 0.858. The van der Waals surface area contributed by atoms with Crippen LogP contribution >= 0.6 is 0 Å². The zero-order valence-electron chi connectivity index (χ0n) is 11.8. The van der Waals surface area contributed by atoms with Crippen LogP contribution in [-0.2, 0) is 11.3 Å². The summed E-state index contributed by atoms with van der Waals surface area (Å²) in [6, 6.07) is 7.29. The van der Waals surface area contributed by atoms with Crippen molar-refractivity contribution in [1.82, 2.24) is 9.55 Å². The molecule has 6 heteroatoms. The summed E-state index contributed by atoms with van der Waals surface area (Å²) in [7, 11) is 0. The number of nitrogens with one attached hydrogen (secondary N) is 1. The molecule has 1 aromatic carbocycles. The fraction of sp³-hybridized carbons (Fsp3) is 0.467. The van der Waals surface area contributed by atoms with Crippen molar-refractivity contribution in [2.45, 2.75) is 25.5 Å². The molecule has 1 aliphatic rings. The maximum absolute atomic E-state index is 12.7. The molecule has 0 spiro atoms. The van der Waals surface area contributed by atoms with E-state index in [2.05, 4.69) is 10.3 Å². The maximum atomic E-state index is 12.7. The highest BCUT2D eigenvalue weighted by Gasteiger charge is 2.19. The number of hydrogen-bond acceptors (Lipinski definition) is 5. The zero-order chi connectivity index (χ0) is 14.7. The number of para-hydroxylation sites is 1. The van der Waals surface area contributed by atoms with Crippen molar-refractivity contribution >= 4 is 16.9 Å². The van der Waals surface area contributed by atoms with Crippen LogP contribution in [0.3, 0.4) is 0 Å². The van der Waals surface area contributed by atoms with E-state index in [4.69, 9.17) is 9.84 Å².